The van der Waals surface area contributed by atoms with E-state index in [2.05, 4.69) is 13.8 Å². The quantitative estimate of drug-likeness (QED) is 0.0520. The van der Waals surface area contributed by atoms with E-state index in [1.165, 1.54) is 51.4 Å². The predicted octanol–water partition coefficient (Wildman–Crippen LogP) is 10.9. The first-order valence-corrected chi connectivity index (χ1v) is 19.1. The molecule has 6 heteroatoms. The molecule has 6 nitrogen and oxygen atoms in total. The van der Waals surface area contributed by atoms with Gasteiger partial charge in [0.25, 0.3) is 0 Å². The van der Waals surface area contributed by atoms with E-state index < -0.39 is 23.8 Å². The second-order valence-electron chi connectivity index (χ2n) is 13.8. The average molecular weight is 627 g/mol. The number of aliphatic carboxylic acids is 2. The van der Waals surface area contributed by atoms with E-state index in [-0.39, 0.29) is 12.2 Å². The number of rotatable bonds is 35. The van der Waals surface area contributed by atoms with Gasteiger partial charge in [-0.25, -0.2) is 0 Å². The summed E-state index contributed by atoms with van der Waals surface area (Å²) in [6.07, 6.45) is 30.6. The molecule has 0 aromatic carbocycles. The first kappa shape index (κ1) is 42.9. The zero-order valence-electron chi connectivity index (χ0n) is 29.1. The van der Waals surface area contributed by atoms with Gasteiger partial charge >= 0.3 is 11.9 Å². The van der Waals surface area contributed by atoms with E-state index in [1.807, 2.05) is 0 Å². The molecule has 44 heavy (non-hydrogen) atoms. The molecule has 0 aromatic heterocycles. The van der Waals surface area contributed by atoms with Crippen LogP contribution in [-0.2, 0) is 9.59 Å². The van der Waals surface area contributed by atoms with Crippen LogP contribution in [0, 0.1) is 11.8 Å². The van der Waals surface area contributed by atoms with E-state index in [0.717, 1.165) is 116 Å². The average Bonchev–Trinajstić information content (AvgIpc) is 2.99. The van der Waals surface area contributed by atoms with Crippen molar-refractivity contribution >= 4 is 11.9 Å². The lowest BCUT2D eigenvalue weighted by molar-refractivity contribution is -0.145. The maximum absolute atomic E-state index is 11.8. The van der Waals surface area contributed by atoms with Gasteiger partial charge in [0.1, 0.15) is 0 Å². The Morgan fingerprint density at radius 1 is 0.364 bits per heavy atom. The van der Waals surface area contributed by atoms with Gasteiger partial charge in [-0.15, -0.1) is 0 Å². The maximum Gasteiger partial charge on any atom is 0.306 e. The van der Waals surface area contributed by atoms with Crippen molar-refractivity contribution in [1.29, 1.82) is 0 Å². The fraction of sp³-hybridized carbons (Fsp3) is 0.947. The summed E-state index contributed by atoms with van der Waals surface area (Å²) in [4.78, 5) is 23.6. The summed E-state index contributed by atoms with van der Waals surface area (Å²) in [5.41, 5.74) is 0. The molecule has 4 unspecified atom stereocenters. The first-order chi connectivity index (χ1) is 21.3. The third kappa shape index (κ3) is 28.3. The van der Waals surface area contributed by atoms with Crippen molar-refractivity contribution in [3.63, 3.8) is 0 Å². The van der Waals surface area contributed by atoms with Gasteiger partial charge < -0.3 is 20.4 Å². The molecule has 0 spiro atoms. The van der Waals surface area contributed by atoms with Crippen LogP contribution in [0.15, 0.2) is 0 Å². The van der Waals surface area contributed by atoms with E-state index in [1.54, 1.807) is 0 Å². The van der Waals surface area contributed by atoms with Crippen LogP contribution in [0.1, 0.15) is 206 Å². The molecule has 0 bridgehead atoms. The van der Waals surface area contributed by atoms with Crippen molar-refractivity contribution in [2.45, 2.75) is 219 Å². The minimum atomic E-state index is -0.786. The molecule has 4 N–H and O–H groups in total. The van der Waals surface area contributed by atoms with Crippen LogP contribution >= 0.6 is 0 Å². The van der Waals surface area contributed by atoms with Crippen LogP contribution in [0.2, 0.25) is 0 Å². The van der Waals surface area contributed by atoms with Gasteiger partial charge in [0, 0.05) is 0 Å². The minimum Gasteiger partial charge on any atom is -0.481 e. The fourth-order valence-corrected chi connectivity index (χ4v) is 6.40. The lowest BCUT2D eigenvalue weighted by atomic mass is 9.89. The molecule has 0 heterocycles. The molecule has 0 aliphatic rings. The molecule has 0 aliphatic heterocycles. The Kier molecular flexibility index (Phi) is 31.0. The molecule has 0 aromatic rings. The van der Waals surface area contributed by atoms with Crippen molar-refractivity contribution < 1.29 is 30.0 Å². The van der Waals surface area contributed by atoms with E-state index in [4.69, 9.17) is 0 Å². The van der Waals surface area contributed by atoms with E-state index >= 15 is 0 Å². The Labute approximate surface area is 272 Å². The predicted molar refractivity (Wildman–Crippen MR) is 184 cm³/mol. The summed E-state index contributed by atoms with van der Waals surface area (Å²) in [6, 6.07) is 0. The van der Waals surface area contributed by atoms with Gasteiger partial charge in [-0.1, -0.05) is 155 Å². The molecule has 0 aliphatic carbocycles. The van der Waals surface area contributed by atoms with E-state index in [0.29, 0.717) is 25.7 Å². The van der Waals surface area contributed by atoms with Crippen LogP contribution < -0.4 is 0 Å². The zero-order chi connectivity index (χ0) is 32.7. The van der Waals surface area contributed by atoms with Crippen molar-refractivity contribution in [3.05, 3.63) is 0 Å². The zero-order valence-corrected chi connectivity index (χ0v) is 29.1. The summed E-state index contributed by atoms with van der Waals surface area (Å²) >= 11 is 0. The summed E-state index contributed by atoms with van der Waals surface area (Å²) < 4.78 is 0. The largest absolute Gasteiger partial charge is 0.481 e. The molecule has 0 rings (SSSR count). The Bertz CT molecular complexity index is 585. The highest BCUT2D eigenvalue weighted by molar-refractivity contribution is 5.71. The summed E-state index contributed by atoms with van der Waals surface area (Å²) in [6.45, 7) is 4.41. The van der Waals surface area contributed by atoms with Gasteiger partial charge in [-0.3, -0.25) is 9.59 Å². The monoisotopic (exact) mass is 627 g/mol. The van der Waals surface area contributed by atoms with Gasteiger partial charge in [0.05, 0.1) is 24.0 Å². The van der Waals surface area contributed by atoms with Gasteiger partial charge in [-0.05, 0) is 51.4 Å². The molecule has 262 valence electrons. The smallest absolute Gasteiger partial charge is 0.306 e. The normalized spacial score (nSPS) is 14.4. The molecule has 0 fully saturated rings. The van der Waals surface area contributed by atoms with Crippen LogP contribution in [0.4, 0.5) is 0 Å². The Morgan fingerprint density at radius 3 is 0.841 bits per heavy atom. The van der Waals surface area contributed by atoms with Gasteiger partial charge in [0.15, 0.2) is 0 Å². The topological polar surface area (TPSA) is 115 Å². The highest BCUT2D eigenvalue weighted by Gasteiger charge is 2.23. The molecule has 0 amide bonds. The second kappa shape index (κ2) is 31.8. The van der Waals surface area contributed by atoms with Gasteiger partial charge in [-0.2, -0.15) is 0 Å². The van der Waals surface area contributed by atoms with Crippen LogP contribution in [0.5, 0.6) is 0 Å². The maximum atomic E-state index is 11.8. The van der Waals surface area contributed by atoms with Gasteiger partial charge in [0.2, 0.25) is 0 Å². The van der Waals surface area contributed by atoms with Crippen molar-refractivity contribution in [2.24, 2.45) is 11.8 Å². The number of hydrogen-bond acceptors (Lipinski definition) is 4. The first-order valence-electron chi connectivity index (χ1n) is 19.1. The molecule has 4 atom stereocenters. The highest BCUT2D eigenvalue weighted by Crippen LogP contribution is 2.24. The standard InChI is InChI=1S/C38H74O6/c1-3-5-7-21-27-35(39)29-23-17-13-9-11-15-19-25-33(37(41)42)31-32-34(38(43)44)26-20-16-12-10-14-18-24-30-36(40)28-22-8-6-4-2/h33-36,39-40H,3-32H2,1-2H3,(H,41,42)(H,43,44). The van der Waals surface area contributed by atoms with Crippen LogP contribution in [0.3, 0.4) is 0 Å². The number of hydrogen-bond donors (Lipinski definition) is 4. The number of aliphatic hydroxyl groups is 2. The summed E-state index contributed by atoms with van der Waals surface area (Å²) in [5, 5.41) is 39.5. The number of carboxylic acids is 2. The second-order valence-corrected chi connectivity index (χ2v) is 13.8. The van der Waals surface area contributed by atoms with Crippen molar-refractivity contribution in [1.82, 2.24) is 0 Å². The number of unbranched alkanes of at least 4 members (excludes halogenated alkanes) is 18. The molecule has 0 radical (unpaired) electrons. The number of carboxylic acid groups (broad SMARTS) is 2. The Balaban J connectivity index is 3.86. The van der Waals surface area contributed by atoms with E-state index in [9.17, 15) is 30.0 Å². The molecular formula is C38H74O6. The number of carbonyl (C=O) groups is 2. The SMILES string of the molecule is CCCCCCC(O)CCCCCCCCCC(CCC(CCCCCCCCCC(O)CCCCCC)C(=O)O)C(=O)O. The van der Waals surface area contributed by atoms with Crippen molar-refractivity contribution in [3.8, 4) is 0 Å². The molecular weight excluding hydrogens is 552 g/mol. The van der Waals surface area contributed by atoms with Crippen molar-refractivity contribution in [2.75, 3.05) is 0 Å². The molecule has 0 saturated heterocycles. The highest BCUT2D eigenvalue weighted by atomic mass is 16.4. The van der Waals surface area contributed by atoms with Crippen LogP contribution in [-0.4, -0.2) is 44.6 Å². The summed E-state index contributed by atoms with van der Waals surface area (Å²) in [5.74, 6) is -2.45. The minimum absolute atomic E-state index is 0.142. The molecule has 0 saturated carbocycles. The van der Waals surface area contributed by atoms with Crippen LogP contribution in [0.25, 0.3) is 0 Å². The Morgan fingerprint density at radius 2 is 0.591 bits per heavy atom. The lowest BCUT2D eigenvalue weighted by Gasteiger charge is -2.16. The third-order valence-electron chi connectivity index (χ3n) is 9.52. The third-order valence-corrected chi connectivity index (χ3v) is 9.52. The fourth-order valence-electron chi connectivity index (χ4n) is 6.40. The lowest BCUT2D eigenvalue weighted by Crippen LogP contribution is -2.19. The number of aliphatic hydroxyl groups excluding tert-OH is 2. The Hall–Kier alpha value is -1.14. The summed E-state index contributed by atoms with van der Waals surface area (Å²) in [7, 11) is 0.